The maximum absolute atomic E-state index is 12.3. The first-order valence-electron chi connectivity index (χ1n) is 9.18. The molecule has 29 heavy (non-hydrogen) atoms. The average Bonchev–Trinajstić information content (AvgIpc) is 2.73. The number of amides is 1. The summed E-state index contributed by atoms with van der Waals surface area (Å²) in [5.41, 5.74) is 10.3. The third-order valence-corrected chi connectivity index (χ3v) is 4.73. The van der Waals surface area contributed by atoms with E-state index in [4.69, 9.17) is 22.1 Å². The molecule has 1 aromatic carbocycles. The molecule has 1 amide bonds. The van der Waals surface area contributed by atoms with Crippen molar-refractivity contribution in [2.24, 2.45) is 0 Å². The number of halogens is 1. The fourth-order valence-electron chi connectivity index (χ4n) is 2.97. The number of carbonyl (C=O) groups excluding carboxylic acids is 1. The number of pyridine rings is 1. The second-order valence-electron chi connectivity index (χ2n) is 6.31. The Labute approximate surface area is 174 Å². The number of hydrogen-bond acceptors (Lipinski definition) is 6. The van der Waals surface area contributed by atoms with Crippen LogP contribution in [0.2, 0.25) is 5.02 Å². The molecule has 0 fully saturated rings. The van der Waals surface area contributed by atoms with Crippen LogP contribution in [-0.4, -0.2) is 41.1 Å². The van der Waals surface area contributed by atoms with Crippen molar-refractivity contribution in [3.8, 4) is 22.4 Å². The van der Waals surface area contributed by atoms with Gasteiger partial charge in [-0.3, -0.25) is 4.79 Å². The molecule has 0 radical (unpaired) electrons. The topological polar surface area (TPSA) is 103 Å². The molecule has 0 atom stereocenters. The van der Waals surface area contributed by atoms with Crippen LogP contribution < -0.4 is 11.1 Å². The van der Waals surface area contributed by atoms with E-state index in [0.29, 0.717) is 29.6 Å². The van der Waals surface area contributed by atoms with Crippen molar-refractivity contribution in [1.29, 1.82) is 0 Å². The molecule has 0 aliphatic rings. The van der Waals surface area contributed by atoms with E-state index in [2.05, 4.69) is 20.3 Å². The number of nitrogens with one attached hydrogen (secondary N) is 1. The van der Waals surface area contributed by atoms with Crippen LogP contribution in [-0.2, 0) is 11.2 Å². The van der Waals surface area contributed by atoms with Gasteiger partial charge in [-0.1, -0.05) is 24.6 Å². The summed E-state index contributed by atoms with van der Waals surface area (Å²) >= 11 is 6.42. The number of ether oxygens (including phenoxy) is 1. The van der Waals surface area contributed by atoms with Gasteiger partial charge in [-0.25, -0.2) is 15.0 Å². The third-order valence-electron chi connectivity index (χ3n) is 4.41. The zero-order valence-corrected chi connectivity index (χ0v) is 17.0. The molecule has 7 nitrogen and oxygen atoms in total. The van der Waals surface area contributed by atoms with Crippen LogP contribution in [0, 0.1) is 0 Å². The number of anilines is 1. The van der Waals surface area contributed by atoms with E-state index < -0.39 is 0 Å². The fourth-order valence-corrected chi connectivity index (χ4v) is 3.24. The van der Waals surface area contributed by atoms with Crippen molar-refractivity contribution in [1.82, 2.24) is 20.3 Å². The van der Waals surface area contributed by atoms with Gasteiger partial charge in [0.1, 0.15) is 12.1 Å². The van der Waals surface area contributed by atoms with Crippen LogP contribution in [0.4, 0.5) is 5.82 Å². The molecule has 2 aromatic heterocycles. The SMILES string of the molecule is CCc1ncnc(-c2ccc(C(=O)NCCOC)c(Cl)c2)c1-c1ccc(N)nc1. The van der Waals surface area contributed by atoms with Crippen molar-refractivity contribution < 1.29 is 9.53 Å². The highest BCUT2D eigenvalue weighted by molar-refractivity contribution is 6.34. The number of methoxy groups -OCH3 is 1. The van der Waals surface area contributed by atoms with Crippen molar-refractivity contribution in [2.45, 2.75) is 13.3 Å². The van der Waals surface area contributed by atoms with E-state index in [1.54, 1.807) is 31.5 Å². The summed E-state index contributed by atoms with van der Waals surface area (Å²) in [5, 5.41) is 3.11. The van der Waals surface area contributed by atoms with Crippen molar-refractivity contribution in [2.75, 3.05) is 26.0 Å². The lowest BCUT2D eigenvalue weighted by Gasteiger charge is -2.14. The first-order valence-corrected chi connectivity index (χ1v) is 9.55. The molecule has 0 saturated heterocycles. The summed E-state index contributed by atoms with van der Waals surface area (Å²) in [7, 11) is 1.58. The number of nitrogen functional groups attached to an aromatic ring is 1. The van der Waals surface area contributed by atoms with E-state index in [9.17, 15) is 4.79 Å². The molecule has 0 unspecified atom stereocenters. The Morgan fingerprint density at radius 2 is 1.97 bits per heavy atom. The predicted molar refractivity (Wildman–Crippen MR) is 114 cm³/mol. The minimum Gasteiger partial charge on any atom is -0.384 e. The minimum absolute atomic E-state index is 0.251. The number of hydrogen-bond donors (Lipinski definition) is 2. The third kappa shape index (κ3) is 4.70. The second kappa shape index (κ2) is 9.45. The van der Waals surface area contributed by atoms with Crippen LogP contribution in [0.15, 0.2) is 42.9 Å². The van der Waals surface area contributed by atoms with Gasteiger partial charge < -0.3 is 15.8 Å². The van der Waals surface area contributed by atoms with Crippen LogP contribution >= 0.6 is 11.6 Å². The van der Waals surface area contributed by atoms with Crippen LogP contribution in [0.25, 0.3) is 22.4 Å². The van der Waals surface area contributed by atoms with Gasteiger partial charge in [0.25, 0.3) is 5.91 Å². The van der Waals surface area contributed by atoms with Crippen molar-refractivity contribution >= 4 is 23.3 Å². The highest BCUT2D eigenvalue weighted by Gasteiger charge is 2.17. The van der Waals surface area contributed by atoms with E-state index in [1.807, 2.05) is 19.1 Å². The van der Waals surface area contributed by atoms with Gasteiger partial charge in [0.2, 0.25) is 0 Å². The molecule has 3 rings (SSSR count). The Morgan fingerprint density at radius 3 is 2.62 bits per heavy atom. The molecule has 3 aromatic rings. The van der Waals surface area contributed by atoms with Gasteiger partial charge in [-0.2, -0.15) is 0 Å². The molecule has 0 saturated carbocycles. The second-order valence-corrected chi connectivity index (χ2v) is 6.72. The van der Waals surface area contributed by atoms with E-state index in [1.165, 1.54) is 6.33 Å². The summed E-state index contributed by atoms with van der Waals surface area (Å²) in [6.45, 7) is 2.87. The summed E-state index contributed by atoms with van der Waals surface area (Å²) in [6, 6.07) is 8.89. The number of aromatic nitrogens is 3. The van der Waals surface area contributed by atoms with Gasteiger partial charge in [-0.15, -0.1) is 0 Å². The maximum atomic E-state index is 12.3. The van der Waals surface area contributed by atoms with E-state index in [0.717, 1.165) is 34.5 Å². The molecule has 0 aliphatic carbocycles. The van der Waals surface area contributed by atoms with Crippen molar-refractivity contribution in [3.63, 3.8) is 0 Å². The quantitative estimate of drug-likeness (QED) is 0.577. The molecule has 0 spiro atoms. The first-order chi connectivity index (χ1) is 14.0. The number of benzene rings is 1. The molecule has 3 N–H and O–H groups in total. The monoisotopic (exact) mass is 411 g/mol. The molecule has 2 heterocycles. The first kappa shape index (κ1) is 20.7. The van der Waals surface area contributed by atoms with E-state index >= 15 is 0 Å². The number of nitrogens with two attached hydrogens (primary N) is 1. The molecular formula is C21H22ClN5O2. The molecule has 0 bridgehead atoms. The predicted octanol–water partition coefficient (Wildman–Crippen LogP) is 3.38. The van der Waals surface area contributed by atoms with Crippen LogP contribution in [0.5, 0.6) is 0 Å². The Hall–Kier alpha value is -3.03. The lowest BCUT2D eigenvalue weighted by Crippen LogP contribution is -2.27. The number of carbonyl (C=O) groups is 1. The summed E-state index contributed by atoms with van der Waals surface area (Å²) in [6.07, 6.45) is 3.96. The Bertz CT molecular complexity index is 1010. The Morgan fingerprint density at radius 1 is 1.17 bits per heavy atom. The molecular weight excluding hydrogens is 390 g/mol. The van der Waals surface area contributed by atoms with Gasteiger partial charge in [0.05, 0.1) is 28.6 Å². The highest BCUT2D eigenvalue weighted by atomic mass is 35.5. The normalized spacial score (nSPS) is 10.7. The summed E-state index contributed by atoms with van der Waals surface area (Å²) in [5.74, 6) is 0.190. The lowest BCUT2D eigenvalue weighted by molar-refractivity contribution is 0.0937. The standard InChI is InChI=1S/C21H22ClN5O2/c1-3-17-19(14-5-7-18(23)25-11-14)20(27-12-26-17)13-4-6-15(16(22)10-13)21(28)24-8-9-29-2/h4-7,10-12H,3,8-9H2,1-2H3,(H2,23,25)(H,24,28). The highest BCUT2D eigenvalue weighted by Crippen LogP contribution is 2.34. The van der Waals surface area contributed by atoms with Crippen LogP contribution in [0.3, 0.4) is 0 Å². The summed E-state index contributed by atoms with van der Waals surface area (Å²) < 4.78 is 4.94. The maximum Gasteiger partial charge on any atom is 0.252 e. The molecule has 150 valence electrons. The Balaban J connectivity index is 2.02. The average molecular weight is 412 g/mol. The zero-order valence-electron chi connectivity index (χ0n) is 16.3. The van der Waals surface area contributed by atoms with Crippen molar-refractivity contribution in [3.05, 3.63) is 59.1 Å². The lowest BCUT2D eigenvalue weighted by atomic mass is 9.97. The van der Waals surface area contributed by atoms with Crippen LogP contribution in [0.1, 0.15) is 23.0 Å². The summed E-state index contributed by atoms with van der Waals surface area (Å²) in [4.78, 5) is 25.4. The van der Waals surface area contributed by atoms with E-state index in [-0.39, 0.29) is 5.91 Å². The van der Waals surface area contributed by atoms with Gasteiger partial charge in [0.15, 0.2) is 0 Å². The minimum atomic E-state index is -0.251. The zero-order chi connectivity index (χ0) is 20.8. The number of rotatable bonds is 7. The molecule has 0 aliphatic heterocycles. The smallest absolute Gasteiger partial charge is 0.252 e. The van der Waals surface area contributed by atoms with Gasteiger partial charge in [-0.05, 0) is 30.7 Å². The fraction of sp³-hybridized carbons (Fsp3) is 0.238. The Kier molecular flexibility index (Phi) is 6.74. The van der Waals surface area contributed by atoms with Gasteiger partial charge >= 0.3 is 0 Å². The number of nitrogens with zero attached hydrogens (tertiary/aromatic N) is 3. The molecule has 8 heteroatoms. The number of aryl methyl sites for hydroxylation is 1. The van der Waals surface area contributed by atoms with Gasteiger partial charge in [0, 0.05) is 36.5 Å². The largest absolute Gasteiger partial charge is 0.384 e.